The summed E-state index contributed by atoms with van der Waals surface area (Å²) >= 11 is 3.03. The molecule has 2 nitrogen and oxygen atoms in total. The molecule has 0 radical (unpaired) electrons. The second kappa shape index (κ2) is 4.37. The molecule has 1 aromatic carbocycles. The third-order valence-electron chi connectivity index (χ3n) is 1.53. The van der Waals surface area contributed by atoms with Crippen molar-refractivity contribution in [1.29, 1.82) is 0 Å². The molecule has 0 bridgehead atoms. The van der Waals surface area contributed by atoms with Gasteiger partial charge in [-0.1, -0.05) is 15.9 Å². The molecule has 1 aromatic rings. The SMILES string of the molecule is Nc1cc(F)cc(CC(=O)CBr)c1. The molecular formula is C9H9BrFNO. The molecule has 0 fully saturated rings. The summed E-state index contributed by atoms with van der Waals surface area (Å²) in [4.78, 5) is 11.0. The summed E-state index contributed by atoms with van der Waals surface area (Å²) in [5.74, 6) is -0.401. The normalized spacial score (nSPS) is 10.0. The van der Waals surface area contributed by atoms with Crippen LogP contribution in [0.4, 0.5) is 10.1 Å². The first kappa shape index (κ1) is 10.2. The highest BCUT2D eigenvalue weighted by molar-refractivity contribution is 9.09. The van der Waals surface area contributed by atoms with Crippen LogP contribution in [0, 0.1) is 5.82 Å². The summed E-state index contributed by atoms with van der Waals surface area (Å²) in [6.45, 7) is 0. The Bertz CT molecular complexity index is 307. The predicted molar refractivity (Wildman–Crippen MR) is 53.3 cm³/mol. The van der Waals surface area contributed by atoms with Gasteiger partial charge in [0.25, 0.3) is 0 Å². The van der Waals surface area contributed by atoms with Crippen molar-refractivity contribution in [3.05, 3.63) is 29.6 Å². The maximum absolute atomic E-state index is 12.8. The van der Waals surface area contributed by atoms with Crippen LogP contribution in [-0.4, -0.2) is 11.1 Å². The lowest BCUT2D eigenvalue weighted by molar-refractivity contribution is -0.115. The third kappa shape index (κ3) is 3.14. The topological polar surface area (TPSA) is 43.1 Å². The van der Waals surface area contributed by atoms with Gasteiger partial charge in [-0.3, -0.25) is 4.79 Å². The van der Waals surface area contributed by atoms with Crippen LogP contribution in [0.3, 0.4) is 0 Å². The molecule has 13 heavy (non-hydrogen) atoms. The number of carbonyl (C=O) groups is 1. The van der Waals surface area contributed by atoms with Crippen molar-refractivity contribution < 1.29 is 9.18 Å². The molecule has 0 spiro atoms. The fourth-order valence-electron chi connectivity index (χ4n) is 1.05. The number of hydrogen-bond acceptors (Lipinski definition) is 2. The molecule has 0 unspecified atom stereocenters. The van der Waals surface area contributed by atoms with Gasteiger partial charge in [-0.15, -0.1) is 0 Å². The second-order valence-corrected chi connectivity index (χ2v) is 3.30. The molecule has 4 heteroatoms. The molecule has 0 saturated carbocycles. The van der Waals surface area contributed by atoms with Gasteiger partial charge >= 0.3 is 0 Å². The Morgan fingerprint density at radius 2 is 2.15 bits per heavy atom. The van der Waals surface area contributed by atoms with Gasteiger partial charge in [-0.05, 0) is 23.8 Å². The third-order valence-corrected chi connectivity index (χ3v) is 2.16. The zero-order chi connectivity index (χ0) is 9.84. The van der Waals surface area contributed by atoms with E-state index < -0.39 is 5.82 Å². The quantitative estimate of drug-likeness (QED) is 0.654. The van der Waals surface area contributed by atoms with E-state index in [0.717, 1.165) is 0 Å². The molecule has 0 aromatic heterocycles. The average molecular weight is 246 g/mol. The molecule has 0 atom stereocenters. The number of ketones is 1. The summed E-state index contributed by atoms with van der Waals surface area (Å²) in [6, 6.07) is 4.14. The molecule has 0 aliphatic rings. The monoisotopic (exact) mass is 245 g/mol. The Labute approximate surface area is 84.1 Å². The van der Waals surface area contributed by atoms with Crippen molar-refractivity contribution in [3.63, 3.8) is 0 Å². The maximum atomic E-state index is 12.8. The Kier molecular flexibility index (Phi) is 3.42. The van der Waals surface area contributed by atoms with Crippen LogP contribution in [0.15, 0.2) is 18.2 Å². The summed E-state index contributed by atoms with van der Waals surface area (Å²) in [5.41, 5.74) is 6.37. The number of halogens is 2. The molecular weight excluding hydrogens is 237 g/mol. The van der Waals surface area contributed by atoms with Crippen molar-refractivity contribution in [1.82, 2.24) is 0 Å². The van der Waals surface area contributed by atoms with E-state index >= 15 is 0 Å². The minimum Gasteiger partial charge on any atom is -0.399 e. The van der Waals surface area contributed by atoms with Crippen LogP contribution in [0.25, 0.3) is 0 Å². The first-order valence-electron chi connectivity index (χ1n) is 3.74. The van der Waals surface area contributed by atoms with Gasteiger partial charge in [0, 0.05) is 12.1 Å². The van der Waals surface area contributed by atoms with Crippen molar-refractivity contribution >= 4 is 27.4 Å². The van der Waals surface area contributed by atoms with E-state index in [0.29, 0.717) is 11.3 Å². The second-order valence-electron chi connectivity index (χ2n) is 2.74. The fourth-order valence-corrected chi connectivity index (χ4v) is 1.25. The van der Waals surface area contributed by atoms with Gasteiger partial charge in [0.2, 0.25) is 0 Å². The molecule has 70 valence electrons. The number of carbonyl (C=O) groups excluding carboxylic acids is 1. The molecule has 0 amide bonds. The summed E-state index contributed by atoms with van der Waals surface area (Å²) < 4.78 is 12.8. The fraction of sp³-hybridized carbons (Fsp3) is 0.222. The standard InChI is InChI=1S/C9H9BrFNO/c10-5-9(13)3-6-1-7(11)4-8(12)2-6/h1-2,4H,3,5,12H2. The smallest absolute Gasteiger partial charge is 0.147 e. The Morgan fingerprint density at radius 1 is 1.46 bits per heavy atom. The van der Waals surface area contributed by atoms with Crippen molar-refractivity contribution in [3.8, 4) is 0 Å². The number of hydrogen-bond donors (Lipinski definition) is 1. The number of nitrogens with two attached hydrogens (primary N) is 1. The van der Waals surface area contributed by atoms with Gasteiger partial charge in [-0.2, -0.15) is 0 Å². The number of rotatable bonds is 3. The highest BCUT2D eigenvalue weighted by Crippen LogP contribution is 2.11. The summed E-state index contributed by atoms with van der Waals surface area (Å²) in [7, 11) is 0. The minimum atomic E-state index is -0.405. The van der Waals surface area contributed by atoms with E-state index in [1.165, 1.54) is 12.1 Å². The van der Waals surface area contributed by atoms with Crippen molar-refractivity contribution in [2.75, 3.05) is 11.1 Å². The van der Waals surface area contributed by atoms with E-state index in [4.69, 9.17) is 5.73 Å². The molecule has 0 saturated heterocycles. The number of alkyl halides is 1. The van der Waals surface area contributed by atoms with E-state index in [9.17, 15) is 9.18 Å². The number of benzene rings is 1. The van der Waals surface area contributed by atoms with E-state index in [2.05, 4.69) is 15.9 Å². The van der Waals surface area contributed by atoms with Crippen molar-refractivity contribution in [2.24, 2.45) is 0 Å². The number of anilines is 1. The molecule has 0 heterocycles. The van der Waals surface area contributed by atoms with Crippen LogP contribution < -0.4 is 5.73 Å². The van der Waals surface area contributed by atoms with E-state index in [-0.39, 0.29) is 17.5 Å². The summed E-state index contributed by atoms with van der Waals surface area (Å²) in [5, 5.41) is 0.281. The summed E-state index contributed by atoms with van der Waals surface area (Å²) in [6.07, 6.45) is 0.215. The highest BCUT2D eigenvalue weighted by atomic mass is 79.9. The lowest BCUT2D eigenvalue weighted by atomic mass is 10.1. The largest absolute Gasteiger partial charge is 0.399 e. The highest BCUT2D eigenvalue weighted by Gasteiger charge is 2.03. The van der Waals surface area contributed by atoms with Gasteiger partial charge in [0.05, 0.1) is 5.33 Å². The first-order chi connectivity index (χ1) is 6.11. The van der Waals surface area contributed by atoms with Crippen LogP contribution >= 0.6 is 15.9 Å². The Morgan fingerprint density at radius 3 is 2.69 bits per heavy atom. The van der Waals surface area contributed by atoms with Gasteiger partial charge < -0.3 is 5.73 Å². The van der Waals surface area contributed by atoms with E-state index in [1.54, 1.807) is 6.07 Å². The first-order valence-corrected chi connectivity index (χ1v) is 4.86. The molecule has 0 aliphatic heterocycles. The number of nitrogen functional groups attached to an aromatic ring is 1. The van der Waals surface area contributed by atoms with Gasteiger partial charge in [0.15, 0.2) is 0 Å². The maximum Gasteiger partial charge on any atom is 0.147 e. The van der Waals surface area contributed by atoms with Gasteiger partial charge in [-0.25, -0.2) is 4.39 Å². The van der Waals surface area contributed by atoms with Crippen LogP contribution in [0.2, 0.25) is 0 Å². The number of Topliss-reactive ketones (excluding diaryl/α,β-unsaturated/α-hetero) is 1. The minimum absolute atomic E-state index is 0.00463. The predicted octanol–water partition coefficient (Wildman–Crippen LogP) is 1.91. The molecule has 1 rings (SSSR count). The van der Waals surface area contributed by atoms with Crippen molar-refractivity contribution in [2.45, 2.75) is 6.42 Å². The van der Waals surface area contributed by atoms with Crippen LogP contribution in [-0.2, 0) is 11.2 Å². The van der Waals surface area contributed by atoms with Crippen LogP contribution in [0.5, 0.6) is 0 Å². The average Bonchev–Trinajstić information content (AvgIpc) is 2.02. The zero-order valence-electron chi connectivity index (χ0n) is 6.89. The lowest BCUT2D eigenvalue weighted by Gasteiger charge is -2.00. The Hall–Kier alpha value is -0.900. The van der Waals surface area contributed by atoms with Gasteiger partial charge in [0.1, 0.15) is 11.6 Å². The zero-order valence-corrected chi connectivity index (χ0v) is 8.47. The van der Waals surface area contributed by atoms with Crippen LogP contribution in [0.1, 0.15) is 5.56 Å². The Balaban J connectivity index is 2.83. The molecule has 2 N–H and O–H groups in total. The van der Waals surface area contributed by atoms with E-state index in [1.807, 2.05) is 0 Å². The lowest BCUT2D eigenvalue weighted by Crippen LogP contribution is -2.04. The molecule has 0 aliphatic carbocycles.